The van der Waals surface area contributed by atoms with Crippen LogP contribution in [-0.4, -0.2) is 16.5 Å². The summed E-state index contributed by atoms with van der Waals surface area (Å²) in [4.78, 5) is 11.7. The number of hydrogen-bond acceptors (Lipinski definition) is 2. The molecular weight excluding hydrogens is 260 g/mol. The van der Waals surface area contributed by atoms with Gasteiger partial charge in [-0.05, 0) is 87.0 Å². The Morgan fingerprint density at radius 1 is 1.19 bits per heavy atom. The van der Waals surface area contributed by atoms with Gasteiger partial charge in [0.25, 0.3) is 0 Å². The molecule has 2 heteroatoms. The summed E-state index contributed by atoms with van der Waals surface area (Å²) in [6, 6.07) is 0. The van der Waals surface area contributed by atoms with Gasteiger partial charge in [0.05, 0.1) is 5.60 Å². The van der Waals surface area contributed by atoms with E-state index >= 15 is 0 Å². The summed E-state index contributed by atoms with van der Waals surface area (Å²) >= 11 is 0. The van der Waals surface area contributed by atoms with Crippen molar-refractivity contribution in [3.63, 3.8) is 0 Å². The molecule has 0 aromatic heterocycles. The standard InChI is InChI=1S/C19H28O2/c1-11-9-17-15(7-8-19(17,2)21)16-5-3-12-10-13(20)4-6-14(12)18(11)16/h10-11,14-18,21H,3-9H2,1-2H3/t11-,14-,15-,16-,17-,18+,19-/m0/s1. The van der Waals surface area contributed by atoms with Crippen LogP contribution in [0.4, 0.5) is 0 Å². The molecular formula is C19H28O2. The molecule has 0 aliphatic heterocycles. The van der Waals surface area contributed by atoms with Gasteiger partial charge < -0.3 is 5.11 Å². The highest BCUT2D eigenvalue weighted by molar-refractivity contribution is 5.91. The van der Waals surface area contributed by atoms with Gasteiger partial charge in [-0.25, -0.2) is 0 Å². The highest BCUT2D eigenvalue weighted by Crippen LogP contribution is 2.60. The van der Waals surface area contributed by atoms with E-state index in [1.807, 2.05) is 6.08 Å². The lowest BCUT2D eigenvalue weighted by Crippen LogP contribution is -2.48. The van der Waals surface area contributed by atoms with Crippen molar-refractivity contribution in [2.75, 3.05) is 0 Å². The third kappa shape index (κ3) is 2.05. The van der Waals surface area contributed by atoms with E-state index in [1.54, 1.807) is 0 Å². The SMILES string of the molecule is C[C@H]1C[C@H]2[C@@H](CC[C@]2(C)O)[C@@H]2CCC3=CC(=O)CC[C@@H]3[C@H]21. The summed E-state index contributed by atoms with van der Waals surface area (Å²) < 4.78 is 0. The molecule has 4 rings (SSSR count). The molecule has 0 bridgehead atoms. The number of allylic oxidation sites excluding steroid dienone is 1. The van der Waals surface area contributed by atoms with E-state index in [0.29, 0.717) is 23.5 Å². The van der Waals surface area contributed by atoms with Crippen LogP contribution in [0.3, 0.4) is 0 Å². The van der Waals surface area contributed by atoms with Crippen molar-refractivity contribution in [1.29, 1.82) is 0 Å². The number of carbonyl (C=O) groups excluding carboxylic acids is 1. The zero-order valence-corrected chi connectivity index (χ0v) is 13.3. The minimum absolute atomic E-state index is 0.352. The van der Waals surface area contributed by atoms with Crippen molar-refractivity contribution in [3.05, 3.63) is 11.6 Å². The molecule has 0 spiro atoms. The van der Waals surface area contributed by atoms with E-state index in [4.69, 9.17) is 0 Å². The van der Waals surface area contributed by atoms with Crippen molar-refractivity contribution in [2.24, 2.45) is 35.5 Å². The largest absolute Gasteiger partial charge is 0.390 e. The second-order valence-corrected chi connectivity index (χ2v) is 8.49. The fourth-order valence-corrected chi connectivity index (χ4v) is 6.51. The van der Waals surface area contributed by atoms with Gasteiger partial charge in [-0.2, -0.15) is 0 Å². The predicted octanol–water partition coefficient (Wildman–Crippen LogP) is 3.74. The fourth-order valence-electron chi connectivity index (χ4n) is 6.51. The Bertz CT molecular complexity index is 490. The number of carbonyl (C=O) groups is 1. The Hall–Kier alpha value is -0.630. The highest BCUT2D eigenvalue weighted by Gasteiger charge is 2.55. The molecule has 2 nitrogen and oxygen atoms in total. The highest BCUT2D eigenvalue weighted by atomic mass is 16.3. The first-order chi connectivity index (χ1) is 9.97. The lowest BCUT2D eigenvalue weighted by Gasteiger charge is -2.53. The monoisotopic (exact) mass is 288 g/mol. The van der Waals surface area contributed by atoms with Crippen molar-refractivity contribution in [2.45, 2.75) is 64.4 Å². The normalized spacial score (nSPS) is 52.7. The molecule has 0 saturated heterocycles. The van der Waals surface area contributed by atoms with Gasteiger partial charge in [0, 0.05) is 6.42 Å². The van der Waals surface area contributed by atoms with Crippen LogP contribution in [-0.2, 0) is 4.79 Å². The molecule has 4 aliphatic rings. The molecule has 0 unspecified atom stereocenters. The molecule has 0 aromatic carbocycles. The average Bonchev–Trinajstić information content (AvgIpc) is 2.74. The number of hydrogen-bond donors (Lipinski definition) is 1. The van der Waals surface area contributed by atoms with E-state index in [1.165, 1.54) is 24.8 Å². The molecule has 21 heavy (non-hydrogen) atoms. The zero-order valence-electron chi connectivity index (χ0n) is 13.3. The van der Waals surface area contributed by atoms with E-state index < -0.39 is 5.60 Å². The minimum atomic E-state index is -0.428. The zero-order chi connectivity index (χ0) is 14.8. The topological polar surface area (TPSA) is 37.3 Å². The summed E-state index contributed by atoms with van der Waals surface area (Å²) in [5.74, 6) is 4.54. The molecule has 7 atom stereocenters. The second kappa shape index (κ2) is 4.68. The third-order valence-electron chi connectivity index (χ3n) is 7.38. The maximum Gasteiger partial charge on any atom is 0.155 e. The number of rotatable bonds is 0. The summed E-state index contributed by atoms with van der Waals surface area (Å²) in [5, 5.41) is 10.7. The smallest absolute Gasteiger partial charge is 0.155 e. The third-order valence-corrected chi connectivity index (χ3v) is 7.38. The van der Waals surface area contributed by atoms with Gasteiger partial charge >= 0.3 is 0 Å². The van der Waals surface area contributed by atoms with E-state index in [2.05, 4.69) is 13.8 Å². The van der Waals surface area contributed by atoms with E-state index in [-0.39, 0.29) is 0 Å². The Labute approximate surface area is 128 Å². The lowest BCUT2D eigenvalue weighted by molar-refractivity contribution is -0.116. The fraction of sp³-hybridized carbons (Fsp3) is 0.842. The van der Waals surface area contributed by atoms with Gasteiger partial charge in [0.2, 0.25) is 0 Å². The van der Waals surface area contributed by atoms with E-state index in [0.717, 1.165) is 43.4 Å². The van der Waals surface area contributed by atoms with Crippen LogP contribution < -0.4 is 0 Å². The molecule has 0 amide bonds. The number of fused-ring (bicyclic) bond motifs is 5. The Kier molecular flexibility index (Phi) is 3.12. The number of ketones is 1. The van der Waals surface area contributed by atoms with Crippen molar-refractivity contribution in [3.8, 4) is 0 Å². The van der Waals surface area contributed by atoms with E-state index in [9.17, 15) is 9.90 Å². The van der Waals surface area contributed by atoms with Crippen LogP contribution in [0, 0.1) is 35.5 Å². The summed E-state index contributed by atoms with van der Waals surface area (Å²) in [6.45, 7) is 4.47. The van der Waals surface area contributed by atoms with Crippen LogP contribution in [0.25, 0.3) is 0 Å². The number of aliphatic hydroxyl groups is 1. The van der Waals surface area contributed by atoms with Crippen LogP contribution in [0.5, 0.6) is 0 Å². The van der Waals surface area contributed by atoms with Crippen molar-refractivity contribution >= 4 is 5.78 Å². The van der Waals surface area contributed by atoms with Gasteiger partial charge in [-0.3, -0.25) is 4.79 Å². The van der Waals surface area contributed by atoms with Crippen LogP contribution in [0.1, 0.15) is 58.8 Å². The first-order valence-electron chi connectivity index (χ1n) is 8.93. The molecule has 4 aliphatic carbocycles. The van der Waals surface area contributed by atoms with Gasteiger partial charge in [0.15, 0.2) is 5.78 Å². The predicted molar refractivity (Wildman–Crippen MR) is 82.6 cm³/mol. The van der Waals surface area contributed by atoms with Crippen LogP contribution in [0.15, 0.2) is 11.6 Å². The first-order valence-corrected chi connectivity index (χ1v) is 8.93. The maximum absolute atomic E-state index is 11.7. The first kappa shape index (κ1) is 14.0. The summed E-state index contributed by atoms with van der Waals surface area (Å²) in [7, 11) is 0. The van der Waals surface area contributed by atoms with Gasteiger partial charge in [0.1, 0.15) is 0 Å². The lowest BCUT2D eigenvalue weighted by atomic mass is 9.52. The Morgan fingerprint density at radius 2 is 2.00 bits per heavy atom. The molecule has 1 N–H and O–H groups in total. The maximum atomic E-state index is 11.7. The summed E-state index contributed by atoms with van der Waals surface area (Å²) in [6.07, 6.45) is 9.61. The van der Waals surface area contributed by atoms with Crippen molar-refractivity contribution < 1.29 is 9.90 Å². The van der Waals surface area contributed by atoms with Crippen molar-refractivity contribution in [1.82, 2.24) is 0 Å². The van der Waals surface area contributed by atoms with Crippen LogP contribution >= 0.6 is 0 Å². The van der Waals surface area contributed by atoms with Crippen LogP contribution in [0.2, 0.25) is 0 Å². The quantitative estimate of drug-likeness (QED) is 0.737. The van der Waals surface area contributed by atoms with Gasteiger partial charge in [-0.15, -0.1) is 0 Å². The average molecular weight is 288 g/mol. The molecule has 0 radical (unpaired) electrons. The molecule has 3 saturated carbocycles. The Morgan fingerprint density at radius 3 is 2.81 bits per heavy atom. The Balaban J connectivity index is 1.65. The second-order valence-electron chi connectivity index (χ2n) is 8.49. The minimum Gasteiger partial charge on any atom is -0.390 e. The molecule has 3 fully saturated rings. The molecule has 0 heterocycles. The summed E-state index contributed by atoms with van der Waals surface area (Å²) in [5.41, 5.74) is 1.03. The molecule has 116 valence electrons. The van der Waals surface area contributed by atoms with Gasteiger partial charge in [-0.1, -0.05) is 12.5 Å². The molecule has 0 aromatic rings.